The lowest BCUT2D eigenvalue weighted by atomic mass is 9.83. The van der Waals surface area contributed by atoms with E-state index in [1.165, 1.54) is 32.1 Å². The molecule has 19 heavy (non-hydrogen) atoms. The van der Waals surface area contributed by atoms with Crippen molar-refractivity contribution < 1.29 is 0 Å². The van der Waals surface area contributed by atoms with Crippen molar-refractivity contribution >= 4 is 17.8 Å². The van der Waals surface area contributed by atoms with Gasteiger partial charge in [-0.15, -0.1) is 0 Å². The second-order valence-corrected chi connectivity index (χ2v) is 5.66. The average molecular weight is 279 g/mol. The highest BCUT2D eigenvalue weighted by Gasteiger charge is 2.30. The molecule has 3 rings (SSSR count). The van der Waals surface area contributed by atoms with Crippen LogP contribution >= 0.6 is 11.6 Å². The summed E-state index contributed by atoms with van der Waals surface area (Å²) < 4.78 is 0. The van der Waals surface area contributed by atoms with E-state index >= 15 is 0 Å². The Hall–Kier alpha value is -1.26. The summed E-state index contributed by atoms with van der Waals surface area (Å²) in [6.45, 7) is 0. The van der Waals surface area contributed by atoms with Gasteiger partial charge in [0, 0.05) is 35.2 Å². The normalized spacial score (nSPS) is 29.3. The van der Waals surface area contributed by atoms with E-state index in [4.69, 9.17) is 17.4 Å². The lowest BCUT2D eigenvalue weighted by molar-refractivity contribution is 0.385. The zero-order valence-corrected chi connectivity index (χ0v) is 11.6. The lowest BCUT2D eigenvalue weighted by Crippen LogP contribution is -2.34. The van der Waals surface area contributed by atoms with Gasteiger partial charge in [0.25, 0.3) is 0 Å². The largest absolute Gasteiger partial charge is 0.365 e. The first-order chi connectivity index (χ1) is 9.31. The van der Waals surface area contributed by atoms with Crippen LogP contribution in [-0.4, -0.2) is 12.4 Å². The van der Waals surface area contributed by atoms with Gasteiger partial charge in [-0.25, -0.2) is 0 Å². The number of aliphatic imine (C=N–C) groups is 1. The number of allylic oxidation sites excluding steroid dienone is 3. The van der Waals surface area contributed by atoms with Crippen LogP contribution in [0.4, 0.5) is 0 Å². The fourth-order valence-electron chi connectivity index (χ4n) is 3.17. The van der Waals surface area contributed by atoms with E-state index in [0.29, 0.717) is 11.0 Å². The highest BCUT2D eigenvalue weighted by Crippen LogP contribution is 2.38. The molecular formula is C14H19ClN4. The van der Waals surface area contributed by atoms with Gasteiger partial charge in [0.05, 0.1) is 5.03 Å². The zero-order chi connectivity index (χ0) is 13.2. The summed E-state index contributed by atoms with van der Waals surface area (Å²) in [4.78, 5) is 4.37. The van der Waals surface area contributed by atoms with Gasteiger partial charge in [0.2, 0.25) is 0 Å². The van der Waals surface area contributed by atoms with E-state index in [2.05, 4.69) is 15.7 Å². The summed E-state index contributed by atoms with van der Waals surface area (Å²) in [5, 5.41) is 3.89. The molecule has 1 unspecified atom stereocenters. The molecule has 102 valence electrons. The molecule has 1 saturated carbocycles. The Morgan fingerprint density at radius 3 is 2.89 bits per heavy atom. The lowest BCUT2D eigenvalue weighted by Gasteiger charge is -2.30. The Bertz CT molecular complexity index is 484. The van der Waals surface area contributed by atoms with E-state index in [1.54, 1.807) is 0 Å². The van der Waals surface area contributed by atoms with Crippen LogP contribution in [-0.2, 0) is 0 Å². The first-order valence-corrected chi connectivity index (χ1v) is 7.25. The third kappa shape index (κ3) is 2.30. The molecule has 0 radical (unpaired) electrons. The van der Waals surface area contributed by atoms with Crippen molar-refractivity contribution in [3.8, 4) is 0 Å². The third-order valence-corrected chi connectivity index (χ3v) is 4.42. The molecule has 0 spiro atoms. The molecule has 1 atom stereocenters. The number of rotatable bonds is 2. The van der Waals surface area contributed by atoms with Crippen LogP contribution in [0, 0.1) is 5.92 Å². The van der Waals surface area contributed by atoms with Crippen LogP contribution in [0.2, 0.25) is 0 Å². The maximum atomic E-state index is 6.39. The molecule has 0 saturated heterocycles. The van der Waals surface area contributed by atoms with Crippen molar-refractivity contribution in [1.29, 1.82) is 0 Å². The number of nitrogens with one attached hydrogen (secondary N) is 2. The number of fused-ring (bicyclic) bond motifs is 1. The van der Waals surface area contributed by atoms with Gasteiger partial charge < -0.3 is 10.7 Å². The van der Waals surface area contributed by atoms with Gasteiger partial charge in [-0.3, -0.25) is 10.8 Å². The third-order valence-electron chi connectivity index (χ3n) is 4.12. The van der Waals surface area contributed by atoms with Gasteiger partial charge in [-0.2, -0.15) is 0 Å². The highest BCUT2D eigenvalue weighted by atomic mass is 35.5. The number of halogens is 1. The molecule has 2 aliphatic heterocycles. The van der Waals surface area contributed by atoms with E-state index in [9.17, 15) is 0 Å². The summed E-state index contributed by atoms with van der Waals surface area (Å²) in [5.74, 6) is 6.28. The van der Waals surface area contributed by atoms with Gasteiger partial charge in [-0.05, 0) is 18.9 Å². The molecule has 5 heteroatoms. The summed E-state index contributed by atoms with van der Waals surface area (Å²) in [6, 6.07) is 0. The molecule has 0 aromatic rings. The molecule has 0 aromatic carbocycles. The van der Waals surface area contributed by atoms with Gasteiger partial charge in [0.15, 0.2) is 0 Å². The van der Waals surface area contributed by atoms with Crippen LogP contribution in [0.1, 0.15) is 32.1 Å². The number of nitrogens with two attached hydrogens (primary N) is 1. The Balaban J connectivity index is 2.00. The van der Waals surface area contributed by atoms with Crippen LogP contribution in [0.15, 0.2) is 39.1 Å². The quantitative estimate of drug-likeness (QED) is 0.536. The van der Waals surface area contributed by atoms with Crippen molar-refractivity contribution in [2.45, 2.75) is 38.3 Å². The van der Waals surface area contributed by atoms with Crippen LogP contribution in [0.3, 0.4) is 0 Å². The number of hydrogen-bond acceptors (Lipinski definition) is 4. The molecule has 2 heterocycles. The van der Waals surface area contributed by atoms with Gasteiger partial charge >= 0.3 is 0 Å². The monoisotopic (exact) mass is 278 g/mol. The molecule has 3 aliphatic rings. The van der Waals surface area contributed by atoms with Gasteiger partial charge in [0.1, 0.15) is 6.17 Å². The summed E-state index contributed by atoms with van der Waals surface area (Å²) in [7, 11) is 0. The zero-order valence-electron chi connectivity index (χ0n) is 10.8. The molecule has 0 amide bonds. The summed E-state index contributed by atoms with van der Waals surface area (Å²) in [5.41, 5.74) is 6.14. The van der Waals surface area contributed by atoms with Crippen molar-refractivity contribution in [2.75, 3.05) is 0 Å². The van der Waals surface area contributed by atoms with Crippen molar-refractivity contribution in [3.05, 3.63) is 34.2 Å². The molecule has 1 aliphatic carbocycles. The number of hydrogen-bond donors (Lipinski definition) is 3. The van der Waals surface area contributed by atoms with E-state index in [-0.39, 0.29) is 6.17 Å². The van der Waals surface area contributed by atoms with E-state index in [0.717, 1.165) is 16.8 Å². The molecule has 0 bridgehead atoms. The Labute approximate surface area is 118 Å². The second kappa shape index (κ2) is 5.39. The van der Waals surface area contributed by atoms with Gasteiger partial charge in [-0.1, -0.05) is 30.9 Å². The second-order valence-electron chi connectivity index (χ2n) is 5.25. The number of nitrogens with zero attached hydrogens (tertiary/aromatic N) is 1. The van der Waals surface area contributed by atoms with E-state index in [1.807, 2.05) is 18.5 Å². The van der Waals surface area contributed by atoms with Crippen molar-refractivity contribution in [3.63, 3.8) is 0 Å². The maximum absolute atomic E-state index is 6.39. The topological polar surface area (TPSA) is 62.4 Å². The predicted molar refractivity (Wildman–Crippen MR) is 78.4 cm³/mol. The van der Waals surface area contributed by atoms with Crippen molar-refractivity contribution in [1.82, 2.24) is 10.7 Å². The fraction of sp³-hybridized carbons (Fsp3) is 0.500. The highest BCUT2D eigenvalue weighted by molar-refractivity contribution is 6.32. The Kier molecular flexibility index (Phi) is 3.62. The molecule has 4 N–H and O–H groups in total. The summed E-state index contributed by atoms with van der Waals surface area (Å²) in [6.07, 6.45) is 11.9. The molecule has 0 aromatic heterocycles. The first-order valence-electron chi connectivity index (χ1n) is 6.88. The SMILES string of the molecule is NNC(=C1C(Cl)=CNC2N=CC=C12)C1CCCCC1. The Morgan fingerprint density at radius 1 is 1.37 bits per heavy atom. The standard InChI is InChI=1S/C14H19ClN4/c15-11-8-18-14-10(6-7-17-14)12(11)13(19-16)9-4-2-1-3-5-9/h6-9,14,18-19H,1-5,16H2. The van der Waals surface area contributed by atoms with Crippen molar-refractivity contribution in [2.24, 2.45) is 16.8 Å². The minimum atomic E-state index is -0.00978. The van der Waals surface area contributed by atoms with Crippen LogP contribution in [0.5, 0.6) is 0 Å². The first kappa shape index (κ1) is 12.8. The predicted octanol–water partition coefficient (Wildman–Crippen LogP) is 2.30. The summed E-state index contributed by atoms with van der Waals surface area (Å²) >= 11 is 6.39. The fourth-order valence-corrected chi connectivity index (χ4v) is 3.44. The maximum Gasteiger partial charge on any atom is 0.145 e. The minimum Gasteiger partial charge on any atom is -0.365 e. The molecule has 1 fully saturated rings. The van der Waals surface area contributed by atoms with Crippen LogP contribution < -0.4 is 16.6 Å². The average Bonchev–Trinajstić information content (AvgIpc) is 2.91. The molecular weight excluding hydrogens is 260 g/mol. The van der Waals surface area contributed by atoms with Crippen LogP contribution in [0.25, 0.3) is 0 Å². The minimum absolute atomic E-state index is 0.00978. The molecule has 4 nitrogen and oxygen atoms in total. The number of hydrazine groups is 1. The smallest absolute Gasteiger partial charge is 0.145 e. The Morgan fingerprint density at radius 2 is 2.16 bits per heavy atom. The van der Waals surface area contributed by atoms with E-state index < -0.39 is 0 Å².